The molecule has 7 heteroatoms. The van der Waals surface area contributed by atoms with E-state index in [9.17, 15) is 14.4 Å². The van der Waals surface area contributed by atoms with Crippen LogP contribution < -0.4 is 15.4 Å². The van der Waals surface area contributed by atoms with Crippen LogP contribution in [0.25, 0.3) is 0 Å². The zero-order valence-electron chi connectivity index (χ0n) is 18.3. The maximum atomic E-state index is 12.4. The van der Waals surface area contributed by atoms with Gasteiger partial charge in [0.2, 0.25) is 0 Å². The second-order valence-electron chi connectivity index (χ2n) is 9.61. The van der Waals surface area contributed by atoms with Gasteiger partial charge in [0.25, 0.3) is 11.8 Å². The molecule has 2 N–H and O–H groups in total. The Morgan fingerprint density at radius 2 is 1.68 bits per heavy atom. The van der Waals surface area contributed by atoms with Gasteiger partial charge in [-0.3, -0.25) is 14.4 Å². The molecular formula is C24H32N2O5. The van der Waals surface area contributed by atoms with Crippen LogP contribution in [-0.4, -0.2) is 44.1 Å². The Bertz CT molecular complexity index is 817. The highest BCUT2D eigenvalue weighted by Crippen LogP contribution is 2.61. The van der Waals surface area contributed by atoms with Gasteiger partial charge in [-0.2, -0.15) is 0 Å². The average molecular weight is 429 g/mol. The molecule has 5 rings (SSSR count). The third-order valence-corrected chi connectivity index (χ3v) is 7.49. The molecule has 1 atom stereocenters. The van der Waals surface area contributed by atoms with Gasteiger partial charge >= 0.3 is 5.97 Å². The maximum Gasteiger partial charge on any atom is 0.325 e. The first-order valence-corrected chi connectivity index (χ1v) is 11.2. The average Bonchev–Trinajstić information content (AvgIpc) is 2.75. The molecule has 4 aliphatic rings. The van der Waals surface area contributed by atoms with Crippen molar-refractivity contribution >= 4 is 17.8 Å². The second-order valence-corrected chi connectivity index (χ2v) is 9.61. The van der Waals surface area contributed by atoms with Crippen molar-refractivity contribution in [3.8, 4) is 5.75 Å². The number of esters is 1. The molecule has 7 nitrogen and oxygen atoms in total. The van der Waals surface area contributed by atoms with Crippen LogP contribution in [0.15, 0.2) is 24.3 Å². The first kappa shape index (κ1) is 21.7. The van der Waals surface area contributed by atoms with Gasteiger partial charge in [-0.15, -0.1) is 0 Å². The summed E-state index contributed by atoms with van der Waals surface area (Å²) in [5, 5.41) is 5.58. The first-order valence-electron chi connectivity index (χ1n) is 11.2. The predicted octanol–water partition coefficient (Wildman–Crippen LogP) is 2.69. The number of hydrogen-bond donors (Lipinski definition) is 2. The van der Waals surface area contributed by atoms with Crippen LogP contribution in [0.1, 0.15) is 55.8 Å². The fraction of sp³-hybridized carbons (Fsp3) is 0.625. The highest BCUT2D eigenvalue weighted by atomic mass is 16.5. The molecule has 4 fully saturated rings. The van der Waals surface area contributed by atoms with Crippen LogP contribution in [0, 0.1) is 23.2 Å². The quantitative estimate of drug-likeness (QED) is 0.621. The molecule has 0 heterocycles. The summed E-state index contributed by atoms with van der Waals surface area (Å²) >= 11 is 0. The monoisotopic (exact) mass is 428 g/mol. The number of nitrogens with one attached hydrogen (secondary N) is 2. The Labute approximate surface area is 183 Å². The van der Waals surface area contributed by atoms with E-state index in [1.807, 2.05) is 0 Å². The summed E-state index contributed by atoms with van der Waals surface area (Å²) in [6.07, 6.45) is 7.69. The number of carbonyl (C=O) groups is 3. The van der Waals surface area contributed by atoms with E-state index < -0.39 is 11.9 Å². The Balaban J connectivity index is 1.21. The van der Waals surface area contributed by atoms with E-state index in [2.05, 4.69) is 17.6 Å². The highest BCUT2D eigenvalue weighted by Gasteiger charge is 2.53. The van der Waals surface area contributed by atoms with E-state index in [1.54, 1.807) is 24.3 Å². The standard InChI is InChI=1S/C24H32N2O5/c1-15(24-10-16-7-17(11-24)9-18(8-16)12-24)26-21(27)14-31-22(28)13-25-23(29)19-5-3-4-6-20(19)30-2/h3-6,15-18H,7-14H2,1-2H3,(H,25,29)(H,26,27). The van der Waals surface area contributed by atoms with E-state index in [1.165, 1.54) is 45.6 Å². The number of methoxy groups -OCH3 is 1. The topological polar surface area (TPSA) is 93.7 Å². The lowest BCUT2D eigenvalue weighted by Gasteiger charge is -2.59. The predicted molar refractivity (Wildman–Crippen MR) is 114 cm³/mol. The van der Waals surface area contributed by atoms with E-state index in [0.717, 1.165) is 17.8 Å². The molecule has 1 unspecified atom stereocenters. The van der Waals surface area contributed by atoms with Gasteiger partial charge in [0, 0.05) is 6.04 Å². The summed E-state index contributed by atoms with van der Waals surface area (Å²) in [5.74, 6) is 1.50. The Morgan fingerprint density at radius 1 is 1.06 bits per heavy atom. The second kappa shape index (κ2) is 8.89. The molecule has 0 aliphatic heterocycles. The van der Waals surface area contributed by atoms with E-state index in [0.29, 0.717) is 11.3 Å². The summed E-state index contributed by atoms with van der Waals surface area (Å²) in [6, 6.07) is 6.83. The lowest BCUT2D eigenvalue weighted by molar-refractivity contribution is -0.148. The van der Waals surface area contributed by atoms with Crippen LogP contribution in [0.5, 0.6) is 5.75 Å². The number of hydrogen-bond acceptors (Lipinski definition) is 5. The molecule has 0 spiro atoms. The molecule has 1 aromatic carbocycles. The lowest BCUT2D eigenvalue weighted by atomic mass is 9.48. The summed E-state index contributed by atoms with van der Waals surface area (Å²) < 4.78 is 10.2. The van der Waals surface area contributed by atoms with Crippen molar-refractivity contribution in [3.63, 3.8) is 0 Å². The molecule has 4 aliphatic carbocycles. The molecule has 4 bridgehead atoms. The third-order valence-electron chi connectivity index (χ3n) is 7.49. The van der Waals surface area contributed by atoms with Gasteiger partial charge in [0.1, 0.15) is 12.3 Å². The van der Waals surface area contributed by atoms with Crippen LogP contribution in [-0.2, 0) is 14.3 Å². The molecule has 0 radical (unpaired) electrons. The molecule has 31 heavy (non-hydrogen) atoms. The first-order chi connectivity index (χ1) is 14.9. The summed E-state index contributed by atoms with van der Waals surface area (Å²) in [4.78, 5) is 36.6. The van der Waals surface area contributed by atoms with Crippen molar-refractivity contribution in [2.75, 3.05) is 20.3 Å². The van der Waals surface area contributed by atoms with Crippen LogP contribution in [0.3, 0.4) is 0 Å². The lowest BCUT2D eigenvalue weighted by Crippen LogP contribution is -2.56. The molecule has 168 valence electrons. The number of para-hydroxylation sites is 1. The minimum atomic E-state index is -0.652. The summed E-state index contributed by atoms with van der Waals surface area (Å²) in [7, 11) is 1.48. The summed E-state index contributed by atoms with van der Waals surface area (Å²) in [5.41, 5.74) is 0.539. The Morgan fingerprint density at radius 3 is 2.29 bits per heavy atom. The zero-order valence-corrected chi connectivity index (χ0v) is 18.3. The number of ether oxygens (including phenoxy) is 2. The van der Waals surface area contributed by atoms with Crippen molar-refractivity contribution in [2.24, 2.45) is 23.2 Å². The van der Waals surface area contributed by atoms with E-state index in [4.69, 9.17) is 9.47 Å². The highest BCUT2D eigenvalue weighted by molar-refractivity contribution is 5.98. The van der Waals surface area contributed by atoms with Gasteiger partial charge in [0.05, 0.1) is 12.7 Å². The number of carbonyl (C=O) groups excluding carboxylic acids is 3. The van der Waals surface area contributed by atoms with Crippen LogP contribution in [0.4, 0.5) is 0 Å². The number of amides is 2. The zero-order chi connectivity index (χ0) is 22.0. The fourth-order valence-corrected chi connectivity index (χ4v) is 6.42. The van der Waals surface area contributed by atoms with Gasteiger partial charge in [-0.1, -0.05) is 12.1 Å². The van der Waals surface area contributed by atoms with Crippen molar-refractivity contribution < 1.29 is 23.9 Å². The van der Waals surface area contributed by atoms with Gasteiger partial charge in [-0.05, 0) is 80.8 Å². The third kappa shape index (κ3) is 4.70. The number of rotatable bonds is 8. The molecule has 4 saturated carbocycles. The molecule has 0 aromatic heterocycles. The van der Waals surface area contributed by atoms with Crippen molar-refractivity contribution in [3.05, 3.63) is 29.8 Å². The maximum absolute atomic E-state index is 12.4. The number of benzene rings is 1. The largest absolute Gasteiger partial charge is 0.496 e. The molecule has 1 aromatic rings. The minimum Gasteiger partial charge on any atom is -0.496 e. The van der Waals surface area contributed by atoms with E-state index in [-0.39, 0.29) is 30.5 Å². The van der Waals surface area contributed by atoms with Gasteiger partial charge < -0.3 is 20.1 Å². The Hall–Kier alpha value is -2.57. The van der Waals surface area contributed by atoms with Gasteiger partial charge in [-0.25, -0.2) is 0 Å². The molecule has 0 saturated heterocycles. The smallest absolute Gasteiger partial charge is 0.325 e. The van der Waals surface area contributed by atoms with Crippen molar-refractivity contribution in [1.29, 1.82) is 0 Å². The molecule has 2 amide bonds. The molecular weight excluding hydrogens is 396 g/mol. The fourth-order valence-electron chi connectivity index (χ4n) is 6.42. The van der Waals surface area contributed by atoms with Crippen molar-refractivity contribution in [2.45, 2.75) is 51.5 Å². The Kier molecular flexibility index (Phi) is 6.21. The minimum absolute atomic E-state index is 0.0809. The van der Waals surface area contributed by atoms with E-state index >= 15 is 0 Å². The van der Waals surface area contributed by atoms with Crippen LogP contribution >= 0.6 is 0 Å². The van der Waals surface area contributed by atoms with Crippen molar-refractivity contribution in [1.82, 2.24) is 10.6 Å². The summed E-state index contributed by atoms with van der Waals surface area (Å²) in [6.45, 7) is 1.45. The van der Waals surface area contributed by atoms with Crippen LogP contribution in [0.2, 0.25) is 0 Å². The SMILES string of the molecule is COc1ccccc1C(=O)NCC(=O)OCC(=O)NC(C)C12CC3CC(CC(C3)C1)C2. The van der Waals surface area contributed by atoms with Gasteiger partial charge in [0.15, 0.2) is 6.61 Å². The normalized spacial score (nSPS) is 29.2.